The molecule has 0 aromatic heterocycles. The first kappa shape index (κ1) is 12.9. The standard InChI is InChI=1S/C14H19NO3/c16-14(15-9-13-7-4-8-17-10-13)18-11-12-5-2-1-3-6-12/h1-3,5-6,13H,4,7-11H2,(H,15,16)/t13-/m1/s1. The first-order chi connectivity index (χ1) is 8.84. The van der Waals surface area contributed by atoms with E-state index in [1.807, 2.05) is 30.3 Å². The monoisotopic (exact) mass is 249 g/mol. The second kappa shape index (κ2) is 7.01. The van der Waals surface area contributed by atoms with Crippen molar-refractivity contribution in [2.75, 3.05) is 19.8 Å². The third kappa shape index (κ3) is 4.37. The number of hydrogen-bond acceptors (Lipinski definition) is 3. The third-order valence-electron chi connectivity index (χ3n) is 3.00. The lowest BCUT2D eigenvalue weighted by Crippen LogP contribution is -2.33. The molecule has 0 bridgehead atoms. The first-order valence-electron chi connectivity index (χ1n) is 6.37. The highest BCUT2D eigenvalue weighted by Gasteiger charge is 2.14. The minimum Gasteiger partial charge on any atom is -0.445 e. The number of benzene rings is 1. The molecule has 0 spiro atoms. The Bertz CT molecular complexity index is 361. The number of nitrogens with one attached hydrogen (secondary N) is 1. The van der Waals surface area contributed by atoms with Crippen molar-refractivity contribution >= 4 is 6.09 Å². The van der Waals surface area contributed by atoms with Crippen LogP contribution in [0.2, 0.25) is 0 Å². The van der Waals surface area contributed by atoms with Crippen LogP contribution in [0, 0.1) is 5.92 Å². The summed E-state index contributed by atoms with van der Waals surface area (Å²) < 4.78 is 10.5. The molecule has 1 aliphatic heterocycles. The maximum absolute atomic E-state index is 11.5. The average Bonchev–Trinajstić information content (AvgIpc) is 2.45. The summed E-state index contributed by atoms with van der Waals surface area (Å²) in [6.07, 6.45) is 1.83. The van der Waals surface area contributed by atoms with Crippen LogP contribution in [0.5, 0.6) is 0 Å². The minimum absolute atomic E-state index is 0.313. The Hall–Kier alpha value is -1.55. The number of carbonyl (C=O) groups is 1. The normalized spacial score (nSPS) is 19.2. The molecule has 0 saturated carbocycles. The highest BCUT2D eigenvalue weighted by molar-refractivity contribution is 5.67. The zero-order valence-corrected chi connectivity index (χ0v) is 10.4. The van der Waals surface area contributed by atoms with E-state index in [-0.39, 0.29) is 6.09 Å². The van der Waals surface area contributed by atoms with Crippen LogP contribution in [0.15, 0.2) is 30.3 Å². The van der Waals surface area contributed by atoms with E-state index in [1.54, 1.807) is 0 Å². The van der Waals surface area contributed by atoms with Gasteiger partial charge in [0, 0.05) is 13.2 Å². The van der Waals surface area contributed by atoms with Crippen LogP contribution in [0.3, 0.4) is 0 Å². The molecule has 1 aromatic rings. The molecular weight excluding hydrogens is 230 g/mol. The molecule has 1 fully saturated rings. The van der Waals surface area contributed by atoms with Gasteiger partial charge in [0.15, 0.2) is 0 Å². The van der Waals surface area contributed by atoms with Crippen LogP contribution in [-0.2, 0) is 16.1 Å². The molecule has 1 heterocycles. The lowest BCUT2D eigenvalue weighted by atomic mass is 10.0. The lowest BCUT2D eigenvalue weighted by molar-refractivity contribution is 0.0537. The van der Waals surface area contributed by atoms with Gasteiger partial charge in [-0.3, -0.25) is 0 Å². The molecule has 2 rings (SSSR count). The van der Waals surface area contributed by atoms with Crippen LogP contribution in [-0.4, -0.2) is 25.9 Å². The summed E-state index contributed by atoms with van der Waals surface area (Å²) in [6, 6.07) is 9.66. The van der Waals surface area contributed by atoms with Gasteiger partial charge in [-0.15, -0.1) is 0 Å². The fourth-order valence-corrected chi connectivity index (χ4v) is 1.97. The van der Waals surface area contributed by atoms with Gasteiger partial charge in [0.2, 0.25) is 0 Å². The summed E-state index contributed by atoms with van der Waals surface area (Å²) in [4.78, 5) is 11.5. The van der Waals surface area contributed by atoms with E-state index in [0.29, 0.717) is 19.1 Å². The minimum atomic E-state index is -0.357. The molecule has 0 radical (unpaired) electrons. The summed E-state index contributed by atoms with van der Waals surface area (Å²) >= 11 is 0. The van der Waals surface area contributed by atoms with Crippen molar-refractivity contribution < 1.29 is 14.3 Å². The second-order valence-corrected chi connectivity index (χ2v) is 4.53. The summed E-state index contributed by atoms with van der Waals surface area (Å²) in [5, 5.41) is 2.78. The van der Waals surface area contributed by atoms with E-state index in [1.165, 1.54) is 0 Å². The number of amides is 1. The molecule has 4 heteroatoms. The lowest BCUT2D eigenvalue weighted by Gasteiger charge is -2.21. The fourth-order valence-electron chi connectivity index (χ4n) is 1.97. The number of hydrogen-bond donors (Lipinski definition) is 1. The smallest absolute Gasteiger partial charge is 0.407 e. The molecule has 0 unspecified atom stereocenters. The summed E-state index contributed by atoms with van der Waals surface area (Å²) in [5.41, 5.74) is 0.994. The van der Waals surface area contributed by atoms with E-state index >= 15 is 0 Å². The quantitative estimate of drug-likeness (QED) is 0.891. The average molecular weight is 249 g/mol. The second-order valence-electron chi connectivity index (χ2n) is 4.53. The molecule has 1 aromatic carbocycles. The van der Waals surface area contributed by atoms with Crippen molar-refractivity contribution in [1.82, 2.24) is 5.32 Å². The van der Waals surface area contributed by atoms with Gasteiger partial charge in [0.25, 0.3) is 0 Å². The van der Waals surface area contributed by atoms with Gasteiger partial charge in [-0.1, -0.05) is 30.3 Å². The van der Waals surface area contributed by atoms with Gasteiger partial charge in [0.05, 0.1) is 6.61 Å². The SMILES string of the molecule is O=C(NC[C@H]1CCCOC1)OCc1ccccc1. The molecule has 98 valence electrons. The fraction of sp³-hybridized carbons (Fsp3) is 0.500. The van der Waals surface area contributed by atoms with Crippen LogP contribution in [0.4, 0.5) is 4.79 Å². The molecule has 18 heavy (non-hydrogen) atoms. The predicted molar refractivity (Wildman–Crippen MR) is 68.2 cm³/mol. The Kier molecular flexibility index (Phi) is 5.02. The van der Waals surface area contributed by atoms with Gasteiger partial charge in [0.1, 0.15) is 6.61 Å². The van der Waals surface area contributed by atoms with Gasteiger partial charge in [-0.2, -0.15) is 0 Å². The van der Waals surface area contributed by atoms with E-state index in [4.69, 9.17) is 9.47 Å². The Morgan fingerprint density at radius 1 is 1.39 bits per heavy atom. The number of rotatable bonds is 4. The van der Waals surface area contributed by atoms with Crippen LogP contribution in [0.25, 0.3) is 0 Å². The third-order valence-corrected chi connectivity index (χ3v) is 3.00. The van der Waals surface area contributed by atoms with E-state index in [0.717, 1.165) is 31.6 Å². The highest BCUT2D eigenvalue weighted by Crippen LogP contribution is 2.12. The van der Waals surface area contributed by atoms with Crippen molar-refractivity contribution in [3.05, 3.63) is 35.9 Å². The topological polar surface area (TPSA) is 47.6 Å². The van der Waals surface area contributed by atoms with Crippen molar-refractivity contribution in [2.24, 2.45) is 5.92 Å². The summed E-state index contributed by atoms with van der Waals surface area (Å²) in [6.45, 7) is 2.52. The Morgan fingerprint density at radius 2 is 2.22 bits per heavy atom. The molecule has 1 saturated heterocycles. The maximum Gasteiger partial charge on any atom is 0.407 e. The zero-order valence-electron chi connectivity index (χ0n) is 10.4. The molecule has 1 amide bonds. The first-order valence-corrected chi connectivity index (χ1v) is 6.37. The van der Waals surface area contributed by atoms with E-state index in [2.05, 4.69) is 5.32 Å². The van der Waals surface area contributed by atoms with Gasteiger partial charge in [-0.25, -0.2) is 4.79 Å². The van der Waals surface area contributed by atoms with Gasteiger partial charge in [-0.05, 0) is 24.3 Å². The molecule has 4 nitrogen and oxygen atoms in total. The predicted octanol–water partition coefficient (Wildman–Crippen LogP) is 2.34. The Balaban J connectivity index is 1.63. The summed E-state index contributed by atoms with van der Waals surface area (Å²) in [7, 11) is 0. The maximum atomic E-state index is 11.5. The van der Waals surface area contributed by atoms with Gasteiger partial charge < -0.3 is 14.8 Å². The van der Waals surface area contributed by atoms with Crippen molar-refractivity contribution in [3.8, 4) is 0 Å². The van der Waals surface area contributed by atoms with Crippen molar-refractivity contribution in [2.45, 2.75) is 19.4 Å². The van der Waals surface area contributed by atoms with Crippen LogP contribution in [0.1, 0.15) is 18.4 Å². The zero-order chi connectivity index (χ0) is 12.6. The van der Waals surface area contributed by atoms with Crippen LogP contribution < -0.4 is 5.32 Å². The summed E-state index contributed by atoms with van der Waals surface area (Å²) in [5.74, 6) is 0.419. The molecule has 1 atom stereocenters. The number of ether oxygens (including phenoxy) is 2. The Morgan fingerprint density at radius 3 is 2.94 bits per heavy atom. The number of carbonyl (C=O) groups excluding carboxylic acids is 1. The molecule has 1 N–H and O–H groups in total. The van der Waals surface area contributed by atoms with E-state index < -0.39 is 0 Å². The Labute approximate surface area is 107 Å². The molecule has 0 aliphatic carbocycles. The number of alkyl carbamates (subject to hydrolysis) is 1. The van der Waals surface area contributed by atoms with Crippen LogP contribution >= 0.6 is 0 Å². The van der Waals surface area contributed by atoms with Crippen molar-refractivity contribution in [1.29, 1.82) is 0 Å². The molecular formula is C14H19NO3. The molecule has 1 aliphatic rings. The highest BCUT2D eigenvalue weighted by atomic mass is 16.5. The van der Waals surface area contributed by atoms with Crippen molar-refractivity contribution in [3.63, 3.8) is 0 Å². The van der Waals surface area contributed by atoms with E-state index in [9.17, 15) is 4.79 Å². The van der Waals surface area contributed by atoms with Gasteiger partial charge >= 0.3 is 6.09 Å². The largest absolute Gasteiger partial charge is 0.445 e.